The van der Waals surface area contributed by atoms with Gasteiger partial charge in [0.2, 0.25) is 0 Å². The maximum absolute atomic E-state index is 11.2. The molecule has 0 heterocycles. The first kappa shape index (κ1) is 14.7. The van der Waals surface area contributed by atoms with Gasteiger partial charge in [-0.2, -0.15) is 0 Å². The van der Waals surface area contributed by atoms with Crippen LogP contribution in [0.1, 0.15) is 55.8 Å². The molecule has 0 aromatic heterocycles. The second kappa shape index (κ2) is 5.07. The minimum absolute atomic E-state index is 0.145. The molecule has 21 heavy (non-hydrogen) atoms. The van der Waals surface area contributed by atoms with Gasteiger partial charge in [0.25, 0.3) is 0 Å². The van der Waals surface area contributed by atoms with Crippen molar-refractivity contribution in [2.24, 2.45) is 23.2 Å². The zero-order chi connectivity index (χ0) is 14.8. The third-order valence-electron chi connectivity index (χ3n) is 6.24. The van der Waals surface area contributed by atoms with Crippen molar-refractivity contribution in [1.82, 2.24) is 0 Å². The summed E-state index contributed by atoms with van der Waals surface area (Å²) in [6, 6.07) is 4.26. The van der Waals surface area contributed by atoms with Gasteiger partial charge in [-0.3, -0.25) is 0 Å². The Morgan fingerprint density at radius 2 is 1.52 bits per heavy atom. The lowest BCUT2D eigenvalue weighted by molar-refractivity contribution is -0.122. The highest BCUT2D eigenvalue weighted by atomic mass is 79.9. The van der Waals surface area contributed by atoms with E-state index in [1.54, 1.807) is 0 Å². The van der Waals surface area contributed by atoms with Crippen LogP contribution in [0, 0.1) is 30.1 Å². The van der Waals surface area contributed by atoms with Gasteiger partial charge in [0.1, 0.15) is 0 Å². The Balaban J connectivity index is 1.71. The van der Waals surface area contributed by atoms with Crippen LogP contribution < -0.4 is 0 Å². The number of halogens is 2. The summed E-state index contributed by atoms with van der Waals surface area (Å²) in [5, 5.41) is 11.2. The smallest absolute Gasteiger partial charge is 0.0857 e. The standard InChI is InChI=1S/C18H22Br2O/c1-10-2-16(20)14(6-15(10)19)17(21)18-7-11-3-12(8-18)5-13(4-11)9-18/h2,6,11-13,17,21H,3-5,7-9H2,1H3. The molecule has 1 aromatic carbocycles. The molecule has 0 saturated heterocycles. The van der Waals surface area contributed by atoms with Gasteiger partial charge in [-0.1, -0.05) is 31.9 Å². The molecule has 0 amide bonds. The fourth-order valence-corrected chi connectivity index (χ4v) is 6.75. The van der Waals surface area contributed by atoms with Gasteiger partial charge in [0, 0.05) is 14.4 Å². The number of benzene rings is 1. The van der Waals surface area contributed by atoms with E-state index in [0.717, 1.165) is 32.3 Å². The summed E-state index contributed by atoms with van der Waals surface area (Å²) in [6.07, 6.45) is 7.64. The Labute approximate surface area is 143 Å². The minimum Gasteiger partial charge on any atom is -0.388 e. The molecular weight excluding hydrogens is 392 g/mol. The minimum atomic E-state index is -0.322. The molecule has 1 unspecified atom stereocenters. The maximum atomic E-state index is 11.2. The normalized spacial score (nSPS) is 38.8. The average Bonchev–Trinajstić information content (AvgIpc) is 2.40. The summed E-state index contributed by atoms with van der Waals surface area (Å²) < 4.78 is 2.16. The van der Waals surface area contributed by atoms with E-state index in [1.165, 1.54) is 44.1 Å². The zero-order valence-corrected chi connectivity index (χ0v) is 15.6. The van der Waals surface area contributed by atoms with E-state index < -0.39 is 0 Å². The van der Waals surface area contributed by atoms with Gasteiger partial charge in [0.15, 0.2) is 0 Å². The fraction of sp³-hybridized carbons (Fsp3) is 0.667. The maximum Gasteiger partial charge on any atom is 0.0857 e. The Kier molecular flexibility index (Phi) is 3.55. The highest BCUT2D eigenvalue weighted by Gasteiger charge is 2.54. The predicted molar refractivity (Wildman–Crippen MR) is 92.1 cm³/mol. The van der Waals surface area contributed by atoms with Crippen LogP contribution >= 0.6 is 31.9 Å². The Hall–Kier alpha value is 0.140. The van der Waals surface area contributed by atoms with Crippen LogP contribution in [0.2, 0.25) is 0 Å². The topological polar surface area (TPSA) is 20.2 Å². The molecule has 1 nitrogen and oxygen atoms in total. The lowest BCUT2D eigenvalue weighted by Crippen LogP contribution is -2.48. The predicted octanol–water partition coefficient (Wildman–Crippen LogP) is 5.77. The summed E-state index contributed by atoms with van der Waals surface area (Å²) in [5.41, 5.74) is 2.43. The molecule has 4 fully saturated rings. The number of rotatable bonds is 2. The van der Waals surface area contributed by atoms with Crippen LogP contribution in [0.15, 0.2) is 21.1 Å². The van der Waals surface area contributed by atoms with E-state index in [-0.39, 0.29) is 11.5 Å². The molecule has 4 aliphatic carbocycles. The van der Waals surface area contributed by atoms with Gasteiger partial charge in [-0.25, -0.2) is 0 Å². The quantitative estimate of drug-likeness (QED) is 0.652. The van der Waals surface area contributed by atoms with Crippen molar-refractivity contribution >= 4 is 31.9 Å². The van der Waals surface area contributed by atoms with Crippen molar-refractivity contribution < 1.29 is 5.11 Å². The summed E-state index contributed by atoms with van der Waals surface area (Å²) in [4.78, 5) is 0. The Morgan fingerprint density at radius 3 is 2.05 bits per heavy atom. The first-order valence-electron chi connectivity index (χ1n) is 8.10. The van der Waals surface area contributed by atoms with E-state index in [1.807, 2.05) is 0 Å². The van der Waals surface area contributed by atoms with Crippen LogP contribution in [0.3, 0.4) is 0 Å². The Morgan fingerprint density at radius 1 is 1.00 bits per heavy atom. The monoisotopic (exact) mass is 412 g/mol. The number of aliphatic hydroxyl groups is 1. The molecule has 4 saturated carbocycles. The molecule has 5 rings (SSSR count). The molecule has 1 atom stereocenters. The van der Waals surface area contributed by atoms with Crippen LogP contribution in [0.5, 0.6) is 0 Å². The third kappa shape index (κ3) is 2.35. The number of aryl methyl sites for hydroxylation is 1. The second-order valence-electron chi connectivity index (χ2n) is 7.81. The van der Waals surface area contributed by atoms with Crippen molar-refractivity contribution in [2.75, 3.05) is 0 Å². The molecule has 1 aromatic rings. The first-order chi connectivity index (χ1) is 9.97. The van der Waals surface area contributed by atoms with E-state index >= 15 is 0 Å². The van der Waals surface area contributed by atoms with Crippen LogP contribution in [0.4, 0.5) is 0 Å². The first-order valence-corrected chi connectivity index (χ1v) is 9.69. The summed E-state index contributed by atoms with van der Waals surface area (Å²) in [6.45, 7) is 2.09. The summed E-state index contributed by atoms with van der Waals surface area (Å²) in [5.74, 6) is 2.62. The van der Waals surface area contributed by atoms with E-state index in [2.05, 4.69) is 50.9 Å². The number of hydrogen-bond acceptors (Lipinski definition) is 1. The number of aliphatic hydroxyl groups excluding tert-OH is 1. The van der Waals surface area contributed by atoms with Crippen molar-refractivity contribution in [3.8, 4) is 0 Å². The van der Waals surface area contributed by atoms with Crippen LogP contribution in [-0.2, 0) is 0 Å². The average molecular weight is 414 g/mol. The second-order valence-corrected chi connectivity index (χ2v) is 9.51. The van der Waals surface area contributed by atoms with Crippen LogP contribution in [0.25, 0.3) is 0 Å². The Bertz CT molecular complexity index is 546. The molecular formula is C18H22Br2O. The molecule has 0 spiro atoms. The van der Waals surface area contributed by atoms with Gasteiger partial charge >= 0.3 is 0 Å². The molecule has 4 aliphatic rings. The molecule has 4 bridgehead atoms. The van der Waals surface area contributed by atoms with Crippen molar-refractivity contribution in [3.63, 3.8) is 0 Å². The highest BCUT2D eigenvalue weighted by molar-refractivity contribution is 9.11. The molecule has 114 valence electrons. The lowest BCUT2D eigenvalue weighted by atomic mass is 9.47. The van der Waals surface area contributed by atoms with E-state index in [9.17, 15) is 5.11 Å². The van der Waals surface area contributed by atoms with Crippen LogP contribution in [-0.4, -0.2) is 5.11 Å². The largest absolute Gasteiger partial charge is 0.388 e. The molecule has 1 N–H and O–H groups in total. The van der Waals surface area contributed by atoms with Gasteiger partial charge in [0.05, 0.1) is 6.10 Å². The summed E-state index contributed by atoms with van der Waals surface area (Å²) >= 11 is 7.31. The van der Waals surface area contributed by atoms with Crippen molar-refractivity contribution in [1.29, 1.82) is 0 Å². The fourth-order valence-electron chi connectivity index (χ4n) is 5.71. The molecule has 0 aliphatic heterocycles. The SMILES string of the molecule is Cc1cc(Br)c(C(O)C23CC4CC(CC(C4)C2)C3)cc1Br. The molecule has 0 radical (unpaired) electrons. The van der Waals surface area contributed by atoms with Gasteiger partial charge < -0.3 is 5.11 Å². The highest BCUT2D eigenvalue weighted by Crippen LogP contribution is 2.64. The molecule has 3 heteroatoms. The third-order valence-corrected chi connectivity index (χ3v) is 7.78. The van der Waals surface area contributed by atoms with Crippen molar-refractivity contribution in [3.05, 3.63) is 32.2 Å². The van der Waals surface area contributed by atoms with Gasteiger partial charge in [-0.15, -0.1) is 0 Å². The zero-order valence-electron chi connectivity index (χ0n) is 12.4. The van der Waals surface area contributed by atoms with E-state index in [0.29, 0.717) is 0 Å². The van der Waals surface area contributed by atoms with Gasteiger partial charge in [-0.05, 0) is 86.5 Å². The van der Waals surface area contributed by atoms with Crippen molar-refractivity contribution in [2.45, 2.75) is 51.6 Å². The van der Waals surface area contributed by atoms with E-state index in [4.69, 9.17) is 0 Å². The lowest BCUT2D eigenvalue weighted by Gasteiger charge is -2.58. The summed E-state index contributed by atoms with van der Waals surface area (Å²) in [7, 11) is 0. The number of hydrogen-bond donors (Lipinski definition) is 1.